The number of imidazole rings is 1. The first-order valence-corrected chi connectivity index (χ1v) is 6.46. The van der Waals surface area contributed by atoms with Crippen LogP contribution in [0.25, 0.3) is 0 Å². The van der Waals surface area contributed by atoms with E-state index in [1.54, 1.807) is 24.7 Å². The zero-order valence-corrected chi connectivity index (χ0v) is 11.6. The molecule has 0 spiro atoms. The van der Waals surface area contributed by atoms with E-state index in [1.165, 1.54) is 0 Å². The van der Waals surface area contributed by atoms with Crippen molar-refractivity contribution >= 4 is 21.8 Å². The Morgan fingerprint density at radius 3 is 2.78 bits per heavy atom. The van der Waals surface area contributed by atoms with E-state index in [0.29, 0.717) is 12.1 Å². The summed E-state index contributed by atoms with van der Waals surface area (Å²) in [5.74, 6) is -0.0601. The van der Waals surface area contributed by atoms with E-state index in [0.717, 1.165) is 4.47 Å². The van der Waals surface area contributed by atoms with Crippen LogP contribution in [-0.4, -0.2) is 21.5 Å². The van der Waals surface area contributed by atoms with Gasteiger partial charge in [-0.3, -0.25) is 4.79 Å². The van der Waals surface area contributed by atoms with Gasteiger partial charge >= 0.3 is 0 Å². The summed E-state index contributed by atoms with van der Waals surface area (Å²) >= 11 is 3.34. The maximum Gasteiger partial charge on any atom is 0.251 e. The van der Waals surface area contributed by atoms with Crippen LogP contribution in [0.4, 0.5) is 0 Å². The summed E-state index contributed by atoms with van der Waals surface area (Å²) in [7, 11) is 0. The standard InChI is InChI=1S/C13H14BrN3O/c1-10(8-17-7-6-15-9-17)16-13(18)11-2-4-12(14)5-3-11/h2-7,9-10H,8H2,1H3,(H,16,18). The maximum absolute atomic E-state index is 11.9. The number of halogens is 1. The number of benzene rings is 1. The van der Waals surface area contributed by atoms with Crippen LogP contribution in [0.2, 0.25) is 0 Å². The molecule has 2 aromatic rings. The largest absolute Gasteiger partial charge is 0.348 e. The highest BCUT2D eigenvalue weighted by atomic mass is 79.9. The van der Waals surface area contributed by atoms with Crippen molar-refractivity contribution < 1.29 is 4.79 Å². The van der Waals surface area contributed by atoms with Crippen LogP contribution in [-0.2, 0) is 6.54 Å². The highest BCUT2D eigenvalue weighted by Gasteiger charge is 2.09. The van der Waals surface area contributed by atoms with E-state index in [2.05, 4.69) is 26.2 Å². The van der Waals surface area contributed by atoms with Gasteiger partial charge in [0.2, 0.25) is 0 Å². The summed E-state index contributed by atoms with van der Waals surface area (Å²) in [5.41, 5.74) is 0.663. The SMILES string of the molecule is CC(Cn1ccnc1)NC(=O)c1ccc(Br)cc1. The van der Waals surface area contributed by atoms with Crippen molar-refractivity contribution in [3.05, 3.63) is 53.0 Å². The molecule has 0 fully saturated rings. The number of nitrogens with one attached hydrogen (secondary N) is 1. The third kappa shape index (κ3) is 3.43. The maximum atomic E-state index is 11.9. The van der Waals surface area contributed by atoms with E-state index >= 15 is 0 Å². The van der Waals surface area contributed by atoms with Crippen LogP contribution in [0.15, 0.2) is 47.5 Å². The lowest BCUT2D eigenvalue weighted by molar-refractivity contribution is 0.0936. The minimum absolute atomic E-state index is 0.0512. The van der Waals surface area contributed by atoms with Gasteiger partial charge in [-0.05, 0) is 31.2 Å². The third-order valence-electron chi connectivity index (χ3n) is 2.53. The molecule has 18 heavy (non-hydrogen) atoms. The first-order valence-electron chi connectivity index (χ1n) is 5.67. The Morgan fingerprint density at radius 2 is 2.17 bits per heavy atom. The predicted molar refractivity (Wildman–Crippen MR) is 73.3 cm³/mol. The highest BCUT2D eigenvalue weighted by Crippen LogP contribution is 2.10. The first kappa shape index (κ1) is 12.8. The molecule has 1 atom stereocenters. The summed E-state index contributed by atoms with van der Waals surface area (Å²) in [6.07, 6.45) is 5.34. The molecule has 1 aromatic heterocycles. The molecular weight excluding hydrogens is 294 g/mol. The van der Waals surface area contributed by atoms with Gasteiger partial charge in [0.05, 0.1) is 6.33 Å². The molecule has 1 amide bonds. The Bertz CT molecular complexity index is 508. The molecule has 0 aliphatic carbocycles. The van der Waals surface area contributed by atoms with Gasteiger partial charge in [0.1, 0.15) is 0 Å². The molecule has 1 unspecified atom stereocenters. The minimum Gasteiger partial charge on any atom is -0.348 e. The second-order valence-electron chi connectivity index (χ2n) is 4.14. The van der Waals surface area contributed by atoms with Crippen LogP contribution in [0.1, 0.15) is 17.3 Å². The fraction of sp³-hybridized carbons (Fsp3) is 0.231. The molecule has 4 nitrogen and oxygen atoms in total. The van der Waals surface area contributed by atoms with E-state index in [-0.39, 0.29) is 11.9 Å². The van der Waals surface area contributed by atoms with Crippen LogP contribution in [0.3, 0.4) is 0 Å². The lowest BCUT2D eigenvalue weighted by Crippen LogP contribution is -2.35. The lowest BCUT2D eigenvalue weighted by atomic mass is 10.2. The molecule has 0 radical (unpaired) electrons. The van der Waals surface area contributed by atoms with Crippen molar-refractivity contribution in [2.24, 2.45) is 0 Å². The number of hydrogen-bond donors (Lipinski definition) is 1. The van der Waals surface area contributed by atoms with Gasteiger partial charge in [-0.15, -0.1) is 0 Å². The van der Waals surface area contributed by atoms with Gasteiger partial charge in [-0.2, -0.15) is 0 Å². The summed E-state index contributed by atoms with van der Waals surface area (Å²) in [6.45, 7) is 2.68. The van der Waals surface area contributed by atoms with Crippen molar-refractivity contribution in [1.29, 1.82) is 0 Å². The fourth-order valence-electron chi connectivity index (χ4n) is 1.66. The normalized spacial score (nSPS) is 12.1. The summed E-state index contributed by atoms with van der Waals surface area (Å²) in [5, 5.41) is 2.95. The third-order valence-corrected chi connectivity index (χ3v) is 3.06. The number of carbonyl (C=O) groups is 1. The van der Waals surface area contributed by atoms with Crippen LogP contribution in [0, 0.1) is 0 Å². The van der Waals surface area contributed by atoms with Crippen molar-refractivity contribution in [3.8, 4) is 0 Å². The Morgan fingerprint density at radius 1 is 1.44 bits per heavy atom. The molecule has 94 valence electrons. The summed E-state index contributed by atoms with van der Waals surface area (Å²) in [6, 6.07) is 7.35. The summed E-state index contributed by atoms with van der Waals surface area (Å²) < 4.78 is 2.90. The number of amides is 1. The Hall–Kier alpha value is -1.62. The van der Waals surface area contributed by atoms with E-state index < -0.39 is 0 Å². The number of aromatic nitrogens is 2. The number of rotatable bonds is 4. The monoisotopic (exact) mass is 307 g/mol. The second-order valence-corrected chi connectivity index (χ2v) is 5.06. The molecule has 0 saturated carbocycles. The van der Waals surface area contributed by atoms with Crippen molar-refractivity contribution in [1.82, 2.24) is 14.9 Å². The molecule has 0 aliphatic heterocycles. The molecule has 1 aromatic carbocycles. The van der Waals surface area contributed by atoms with Crippen molar-refractivity contribution in [2.45, 2.75) is 19.5 Å². The lowest BCUT2D eigenvalue weighted by Gasteiger charge is -2.14. The van der Waals surface area contributed by atoms with E-state index in [1.807, 2.05) is 29.8 Å². The minimum atomic E-state index is -0.0601. The van der Waals surface area contributed by atoms with Gasteiger partial charge in [0, 0.05) is 35.0 Å². The first-order chi connectivity index (χ1) is 8.65. The molecule has 1 heterocycles. The van der Waals surface area contributed by atoms with Gasteiger partial charge in [0.15, 0.2) is 0 Å². The number of nitrogens with zero attached hydrogens (tertiary/aromatic N) is 2. The Balaban J connectivity index is 1.92. The molecular formula is C13H14BrN3O. The molecule has 0 saturated heterocycles. The van der Waals surface area contributed by atoms with E-state index in [4.69, 9.17) is 0 Å². The van der Waals surface area contributed by atoms with Crippen LogP contribution < -0.4 is 5.32 Å². The second kappa shape index (κ2) is 5.82. The summed E-state index contributed by atoms with van der Waals surface area (Å²) in [4.78, 5) is 15.9. The average Bonchev–Trinajstić information content (AvgIpc) is 2.82. The average molecular weight is 308 g/mol. The van der Waals surface area contributed by atoms with Crippen LogP contribution in [0.5, 0.6) is 0 Å². The zero-order valence-electron chi connectivity index (χ0n) is 10.0. The highest BCUT2D eigenvalue weighted by molar-refractivity contribution is 9.10. The molecule has 5 heteroatoms. The molecule has 2 rings (SSSR count). The smallest absolute Gasteiger partial charge is 0.251 e. The topological polar surface area (TPSA) is 46.9 Å². The quantitative estimate of drug-likeness (QED) is 0.943. The molecule has 1 N–H and O–H groups in total. The predicted octanol–water partition coefficient (Wildman–Crippen LogP) is 2.46. The Labute approximate surface area is 114 Å². The van der Waals surface area contributed by atoms with Crippen LogP contribution >= 0.6 is 15.9 Å². The zero-order chi connectivity index (χ0) is 13.0. The van der Waals surface area contributed by atoms with Gasteiger partial charge in [0.25, 0.3) is 5.91 Å². The number of carbonyl (C=O) groups excluding carboxylic acids is 1. The molecule has 0 aliphatic rings. The van der Waals surface area contributed by atoms with Crippen molar-refractivity contribution in [3.63, 3.8) is 0 Å². The van der Waals surface area contributed by atoms with Gasteiger partial charge in [-0.1, -0.05) is 15.9 Å². The van der Waals surface area contributed by atoms with Crippen molar-refractivity contribution in [2.75, 3.05) is 0 Å². The van der Waals surface area contributed by atoms with E-state index in [9.17, 15) is 4.79 Å². The molecule has 0 bridgehead atoms. The fourth-order valence-corrected chi connectivity index (χ4v) is 1.93. The van der Waals surface area contributed by atoms with Gasteiger partial charge in [-0.25, -0.2) is 4.98 Å². The Kier molecular flexibility index (Phi) is 4.15. The van der Waals surface area contributed by atoms with Gasteiger partial charge < -0.3 is 9.88 Å². The number of hydrogen-bond acceptors (Lipinski definition) is 2.